The van der Waals surface area contributed by atoms with Crippen molar-refractivity contribution in [3.8, 4) is 11.5 Å². The van der Waals surface area contributed by atoms with Gasteiger partial charge in [0.05, 0.1) is 25.3 Å². The number of carbonyl (C=O) groups is 2. The van der Waals surface area contributed by atoms with Crippen LogP contribution in [-0.4, -0.2) is 65.4 Å². The van der Waals surface area contributed by atoms with E-state index in [-0.39, 0.29) is 12.5 Å². The molecule has 11 nitrogen and oxygen atoms in total. The number of fused-ring (bicyclic) bond motifs is 3. The van der Waals surface area contributed by atoms with E-state index in [2.05, 4.69) is 25.6 Å². The third-order valence-corrected chi connectivity index (χ3v) is 4.62. The molecule has 166 valence electrons. The molecule has 0 unspecified atom stereocenters. The van der Waals surface area contributed by atoms with E-state index in [1.165, 1.54) is 6.92 Å². The van der Waals surface area contributed by atoms with Gasteiger partial charge in [-0.15, -0.1) is 10.2 Å². The van der Waals surface area contributed by atoms with Crippen molar-refractivity contribution in [1.82, 2.24) is 24.9 Å². The van der Waals surface area contributed by atoms with Crippen molar-refractivity contribution in [2.45, 2.75) is 26.7 Å². The molecule has 0 fully saturated rings. The molecule has 0 atom stereocenters. The summed E-state index contributed by atoms with van der Waals surface area (Å²) in [5, 5.41) is 14.5. The molecule has 3 rings (SSSR count). The highest BCUT2D eigenvalue weighted by molar-refractivity contribution is 5.86. The monoisotopic (exact) mass is 430 g/mol. The molecule has 11 heteroatoms. The molecule has 0 aliphatic rings. The van der Waals surface area contributed by atoms with E-state index in [0.29, 0.717) is 41.6 Å². The summed E-state index contributed by atoms with van der Waals surface area (Å²) in [4.78, 5) is 26.9. The van der Waals surface area contributed by atoms with Crippen LogP contribution in [0, 0.1) is 6.92 Å². The molecule has 0 radical (unpaired) electrons. The Labute approximate surface area is 179 Å². The van der Waals surface area contributed by atoms with Crippen molar-refractivity contribution >= 4 is 34.4 Å². The summed E-state index contributed by atoms with van der Waals surface area (Å²) in [7, 11) is 3.17. The van der Waals surface area contributed by atoms with Gasteiger partial charge in [0, 0.05) is 32.1 Å². The topological polar surface area (TPSA) is 129 Å². The minimum atomic E-state index is -0.478. The van der Waals surface area contributed by atoms with Crippen LogP contribution in [0.25, 0.3) is 16.7 Å². The Morgan fingerprint density at radius 2 is 1.77 bits per heavy atom. The predicted octanol–water partition coefficient (Wildman–Crippen LogP) is 1.47. The number of ether oxygens (including phenoxy) is 3. The Kier molecular flexibility index (Phi) is 7.06. The number of aryl methyl sites for hydroxylation is 1. The molecule has 2 heterocycles. The average molecular weight is 430 g/mol. The molecule has 0 aliphatic carbocycles. The van der Waals surface area contributed by atoms with E-state index >= 15 is 0 Å². The van der Waals surface area contributed by atoms with Gasteiger partial charge < -0.3 is 24.8 Å². The van der Waals surface area contributed by atoms with Crippen LogP contribution in [0.15, 0.2) is 12.1 Å². The number of hydrogen-bond acceptors (Lipinski definition) is 9. The Morgan fingerprint density at radius 3 is 2.48 bits per heavy atom. The average Bonchev–Trinajstić information content (AvgIpc) is 3.15. The quantitative estimate of drug-likeness (QED) is 0.363. The van der Waals surface area contributed by atoms with Crippen LogP contribution in [0.2, 0.25) is 0 Å². The molecular formula is C20H26N6O5. The summed E-state index contributed by atoms with van der Waals surface area (Å²) in [5.41, 5.74) is 2.15. The van der Waals surface area contributed by atoms with Gasteiger partial charge in [0.15, 0.2) is 23.9 Å². The number of benzene rings is 1. The first-order valence-corrected chi connectivity index (χ1v) is 9.86. The SMILES string of the molecule is COc1cc2nc(NCCCCNC(=O)COC(C)=O)c3nnc(C)n3c2cc1OC. The first-order valence-electron chi connectivity index (χ1n) is 9.86. The second kappa shape index (κ2) is 9.92. The summed E-state index contributed by atoms with van der Waals surface area (Å²) in [6, 6.07) is 3.67. The molecule has 2 N–H and O–H groups in total. The lowest BCUT2D eigenvalue weighted by Crippen LogP contribution is -2.29. The Balaban J connectivity index is 1.67. The number of hydrogen-bond donors (Lipinski definition) is 2. The Bertz CT molecular complexity index is 1100. The molecule has 0 spiro atoms. The lowest BCUT2D eigenvalue weighted by molar-refractivity contribution is -0.146. The smallest absolute Gasteiger partial charge is 0.303 e. The number of nitrogens with one attached hydrogen (secondary N) is 2. The van der Waals surface area contributed by atoms with E-state index in [1.807, 2.05) is 23.5 Å². The summed E-state index contributed by atoms with van der Waals surface area (Å²) in [6.07, 6.45) is 1.54. The molecule has 3 aromatic rings. The fourth-order valence-electron chi connectivity index (χ4n) is 3.12. The van der Waals surface area contributed by atoms with Crippen molar-refractivity contribution in [2.75, 3.05) is 39.2 Å². The molecule has 1 aromatic carbocycles. The summed E-state index contributed by atoms with van der Waals surface area (Å²) in [6.45, 7) is 4.00. The van der Waals surface area contributed by atoms with Gasteiger partial charge in [0.1, 0.15) is 5.82 Å². The fraction of sp³-hybridized carbons (Fsp3) is 0.450. The minimum absolute atomic E-state index is 0.257. The number of rotatable bonds is 10. The number of aromatic nitrogens is 4. The Hall–Kier alpha value is -3.63. The van der Waals surface area contributed by atoms with Crippen molar-refractivity contribution < 1.29 is 23.8 Å². The van der Waals surface area contributed by atoms with Gasteiger partial charge in [-0.3, -0.25) is 14.0 Å². The largest absolute Gasteiger partial charge is 0.493 e. The number of methoxy groups -OCH3 is 2. The highest BCUT2D eigenvalue weighted by Gasteiger charge is 2.16. The first kappa shape index (κ1) is 22.1. The van der Waals surface area contributed by atoms with E-state index in [1.54, 1.807) is 14.2 Å². The standard InChI is InChI=1S/C20H26N6O5/c1-12-24-25-20-19(22-8-6-5-7-21-18(28)11-31-13(2)27)23-14-9-16(29-3)17(30-4)10-15(14)26(12)20/h9-10H,5-8,11H2,1-4H3,(H,21,28)(H,22,23). The first-order chi connectivity index (χ1) is 14.9. The van der Waals surface area contributed by atoms with E-state index in [9.17, 15) is 9.59 Å². The number of unbranched alkanes of at least 4 members (excludes halogenated alkanes) is 1. The molecule has 31 heavy (non-hydrogen) atoms. The second-order valence-electron chi connectivity index (χ2n) is 6.83. The van der Waals surface area contributed by atoms with Crippen LogP contribution >= 0.6 is 0 Å². The maximum absolute atomic E-state index is 11.5. The molecule has 0 aliphatic heterocycles. The van der Waals surface area contributed by atoms with Crippen LogP contribution < -0.4 is 20.1 Å². The maximum atomic E-state index is 11.5. The summed E-state index contributed by atoms with van der Waals surface area (Å²) in [5.74, 6) is 1.73. The zero-order valence-electron chi connectivity index (χ0n) is 18.0. The zero-order chi connectivity index (χ0) is 22.4. The minimum Gasteiger partial charge on any atom is -0.493 e. The summed E-state index contributed by atoms with van der Waals surface area (Å²) >= 11 is 0. The molecule has 2 aromatic heterocycles. The predicted molar refractivity (Wildman–Crippen MR) is 113 cm³/mol. The molecule has 0 bridgehead atoms. The van der Waals surface area contributed by atoms with E-state index < -0.39 is 5.97 Å². The number of anilines is 1. The van der Waals surface area contributed by atoms with Crippen molar-refractivity contribution in [3.05, 3.63) is 18.0 Å². The molecule has 1 amide bonds. The molecular weight excluding hydrogens is 404 g/mol. The molecule has 0 saturated carbocycles. The highest BCUT2D eigenvalue weighted by Crippen LogP contribution is 2.33. The number of amides is 1. The van der Waals surface area contributed by atoms with Gasteiger partial charge in [-0.05, 0) is 19.8 Å². The van der Waals surface area contributed by atoms with Gasteiger partial charge in [-0.25, -0.2) is 4.98 Å². The highest BCUT2D eigenvalue weighted by atomic mass is 16.5. The van der Waals surface area contributed by atoms with Crippen LogP contribution in [0.4, 0.5) is 5.82 Å². The van der Waals surface area contributed by atoms with Crippen LogP contribution in [-0.2, 0) is 14.3 Å². The molecule has 0 saturated heterocycles. The third-order valence-electron chi connectivity index (χ3n) is 4.62. The lowest BCUT2D eigenvalue weighted by Gasteiger charge is -2.13. The van der Waals surface area contributed by atoms with Crippen molar-refractivity contribution in [3.63, 3.8) is 0 Å². The van der Waals surface area contributed by atoms with Crippen molar-refractivity contribution in [2.24, 2.45) is 0 Å². The van der Waals surface area contributed by atoms with Gasteiger partial charge >= 0.3 is 5.97 Å². The van der Waals surface area contributed by atoms with Crippen molar-refractivity contribution in [1.29, 1.82) is 0 Å². The summed E-state index contributed by atoms with van der Waals surface area (Å²) < 4.78 is 17.4. The normalized spacial score (nSPS) is 10.8. The number of carbonyl (C=O) groups excluding carboxylic acids is 2. The van der Waals surface area contributed by atoms with Gasteiger partial charge in [0.25, 0.3) is 5.91 Å². The van der Waals surface area contributed by atoms with Gasteiger partial charge in [-0.2, -0.15) is 0 Å². The lowest BCUT2D eigenvalue weighted by atomic mass is 10.2. The Morgan fingerprint density at radius 1 is 1.06 bits per heavy atom. The van der Waals surface area contributed by atoms with Crippen LogP contribution in [0.5, 0.6) is 11.5 Å². The zero-order valence-corrected chi connectivity index (χ0v) is 18.0. The fourth-order valence-corrected chi connectivity index (χ4v) is 3.12. The van der Waals surface area contributed by atoms with Crippen LogP contribution in [0.3, 0.4) is 0 Å². The number of nitrogens with zero attached hydrogens (tertiary/aromatic N) is 4. The van der Waals surface area contributed by atoms with Gasteiger partial charge in [-0.1, -0.05) is 0 Å². The van der Waals surface area contributed by atoms with Gasteiger partial charge in [0.2, 0.25) is 5.65 Å². The maximum Gasteiger partial charge on any atom is 0.303 e. The van der Waals surface area contributed by atoms with E-state index in [0.717, 1.165) is 24.2 Å². The second-order valence-corrected chi connectivity index (χ2v) is 6.83. The number of esters is 1. The third kappa shape index (κ3) is 5.11. The van der Waals surface area contributed by atoms with E-state index in [4.69, 9.17) is 14.5 Å². The van der Waals surface area contributed by atoms with Crippen LogP contribution in [0.1, 0.15) is 25.6 Å².